The van der Waals surface area contributed by atoms with Crippen LogP contribution in [0.25, 0.3) is 21.7 Å². The first kappa shape index (κ1) is 10.4. The maximum atomic E-state index is 5.60. The van der Waals surface area contributed by atoms with Crippen molar-refractivity contribution in [2.24, 2.45) is 5.73 Å². The van der Waals surface area contributed by atoms with Gasteiger partial charge in [-0.1, -0.05) is 6.07 Å². The van der Waals surface area contributed by atoms with Crippen molar-refractivity contribution in [2.45, 2.75) is 6.42 Å². The van der Waals surface area contributed by atoms with Crippen molar-refractivity contribution in [3.05, 3.63) is 35.7 Å². The van der Waals surface area contributed by atoms with Crippen LogP contribution in [0, 0.1) is 0 Å². The van der Waals surface area contributed by atoms with Gasteiger partial charge in [-0.2, -0.15) is 4.98 Å². The van der Waals surface area contributed by atoms with Crippen LogP contribution in [-0.4, -0.2) is 16.5 Å². The van der Waals surface area contributed by atoms with Crippen molar-refractivity contribution < 1.29 is 4.42 Å². The Bertz CT molecular complexity index is 630. The Balaban J connectivity index is 2.06. The van der Waals surface area contributed by atoms with Crippen LogP contribution in [0.2, 0.25) is 0 Å². The molecule has 0 aromatic carbocycles. The fourth-order valence-corrected chi connectivity index (χ4v) is 2.38. The number of rotatable bonds is 3. The highest BCUT2D eigenvalue weighted by Crippen LogP contribution is 2.26. The minimum Gasteiger partial charge on any atom is -0.439 e. The second-order valence-corrected chi connectivity index (χ2v) is 4.62. The summed E-state index contributed by atoms with van der Waals surface area (Å²) in [5, 5.41) is 2.04. The third kappa shape index (κ3) is 1.94. The van der Waals surface area contributed by atoms with Gasteiger partial charge in [0.1, 0.15) is 0 Å². The molecule has 3 heterocycles. The second kappa shape index (κ2) is 4.27. The number of fused-ring (bicyclic) bond motifs is 1. The number of hydrogen-bond acceptors (Lipinski definition) is 5. The highest BCUT2D eigenvalue weighted by molar-refractivity contribution is 7.13. The van der Waals surface area contributed by atoms with E-state index in [2.05, 4.69) is 16.0 Å². The summed E-state index contributed by atoms with van der Waals surface area (Å²) in [7, 11) is 0. The van der Waals surface area contributed by atoms with E-state index in [9.17, 15) is 0 Å². The number of thiophene rings is 1. The smallest absolute Gasteiger partial charge is 0.198 e. The highest BCUT2D eigenvalue weighted by atomic mass is 32.1. The van der Waals surface area contributed by atoms with Crippen LogP contribution in [0.5, 0.6) is 0 Å². The lowest BCUT2D eigenvalue weighted by Gasteiger charge is -1.94. The van der Waals surface area contributed by atoms with Crippen molar-refractivity contribution in [2.75, 3.05) is 6.54 Å². The van der Waals surface area contributed by atoms with Crippen LogP contribution >= 0.6 is 11.3 Å². The first-order valence-electron chi connectivity index (χ1n) is 5.36. The Labute approximate surface area is 102 Å². The molecule has 0 atom stereocenters. The number of nitrogens with zero attached hydrogens (tertiary/aromatic N) is 2. The molecule has 0 amide bonds. The number of oxazole rings is 1. The number of aromatic nitrogens is 2. The molecular weight excluding hydrogens is 234 g/mol. The first-order valence-corrected chi connectivity index (χ1v) is 6.24. The Morgan fingerprint density at radius 2 is 2.35 bits per heavy atom. The van der Waals surface area contributed by atoms with E-state index in [0.717, 1.165) is 11.1 Å². The number of pyridine rings is 1. The minimum absolute atomic E-state index is 0.532. The molecule has 0 saturated carbocycles. The van der Waals surface area contributed by atoms with E-state index >= 15 is 0 Å². The molecular formula is C12H11N3OS. The highest BCUT2D eigenvalue weighted by Gasteiger charge is 2.08. The fraction of sp³-hybridized carbons (Fsp3) is 0.167. The second-order valence-electron chi connectivity index (χ2n) is 3.67. The maximum Gasteiger partial charge on any atom is 0.198 e. The van der Waals surface area contributed by atoms with Gasteiger partial charge in [-0.3, -0.25) is 0 Å². The van der Waals surface area contributed by atoms with E-state index in [1.165, 1.54) is 4.88 Å². The van der Waals surface area contributed by atoms with Crippen LogP contribution in [0.15, 0.2) is 34.2 Å². The van der Waals surface area contributed by atoms with E-state index in [1.54, 1.807) is 11.3 Å². The zero-order chi connectivity index (χ0) is 11.7. The average Bonchev–Trinajstić information content (AvgIpc) is 2.96. The molecule has 3 rings (SSSR count). The summed E-state index contributed by atoms with van der Waals surface area (Å²) in [6.07, 6.45) is 2.47. The lowest BCUT2D eigenvalue weighted by molar-refractivity contribution is 0.531. The van der Waals surface area contributed by atoms with Gasteiger partial charge in [-0.25, -0.2) is 4.98 Å². The summed E-state index contributed by atoms with van der Waals surface area (Å²) >= 11 is 1.68. The van der Waals surface area contributed by atoms with E-state index in [1.807, 2.05) is 23.7 Å². The van der Waals surface area contributed by atoms with Gasteiger partial charge in [0.25, 0.3) is 0 Å². The van der Waals surface area contributed by atoms with Gasteiger partial charge in [0.2, 0.25) is 0 Å². The standard InChI is InChI=1S/C12H11N3OS/c13-4-3-11-15-12-9(16-11)6-8(7-14-12)10-2-1-5-17-10/h1-2,5-7H,3-4,13H2. The summed E-state index contributed by atoms with van der Waals surface area (Å²) in [6.45, 7) is 0.532. The van der Waals surface area contributed by atoms with Crippen LogP contribution in [-0.2, 0) is 6.42 Å². The molecule has 3 aromatic rings. The minimum atomic E-state index is 0.532. The molecule has 0 aliphatic rings. The molecule has 4 nitrogen and oxygen atoms in total. The molecule has 3 aromatic heterocycles. The zero-order valence-electron chi connectivity index (χ0n) is 9.09. The SMILES string of the molecule is NCCc1nc2ncc(-c3cccs3)cc2o1. The lowest BCUT2D eigenvalue weighted by atomic mass is 10.2. The lowest BCUT2D eigenvalue weighted by Crippen LogP contribution is -2.02. The van der Waals surface area contributed by atoms with E-state index < -0.39 is 0 Å². The van der Waals surface area contributed by atoms with Gasteiger partial charge in [0.15, 0.2) is 17.1 Å². The van der Waals surface area contributed by atoms with Crippen molar-refractivity contribution in [1.82, 2.24) is 9.97 Å². The van der Waals surface area contributed by atoms with Gasteiger partial charge in [0.05, 0.1) is 0 Å². The molecule has 0 radical (unpaired) electrons. The van der Waals surface area contributed by atoms with E-state index in [-0.39, 0.29) is 0 Å². The molecule has 0 saturated heterocycles. The Morgan fingerprint density at radius 3 is 3.12 bits per heavy atom. The van der Waals surface area contributed by atoms with Gasteiger partial charge in [0, 0.05) is 29.6 Å². The van der Waals surface area contributed by atoms with Gasteiger partial charge < -0.3 is 10.2 Å². The number of nitrogens with two attached hydrogens (primary N) is 1. The first-order chi connectivity index (χ1) is 8.36. The predicted octanol–water partition coefficient (Wildman–Crippen LogP) is 2.45. The molecule has 17 heavy (non-hydrogen) atoms. The largest absolute Gasteiger partial charge is 0.439 e. The normalized spacial score (nSPS) is 11.1. The third-order valence-corrected chi connectivity index (χ3v) is 3.37. The van der Waals surface area contributed by atoms with Crippen molar-refractivity contribution in [3.8, 4) is 10.4 Å². The van der Waals surface area contributed by atoms with Crippen molar-refractivity contribution >= 4 is 22.6 Å². The van der Waals surface area contributed by atoms with Crippen molar-refractivity contribution in [3.63, 3.8) is 0 Å². The Hall–Kier alpha value is -1.72. The quantitative estimate of drug-likeness (QED) is 0.769. The summed E-state index contributed by atoms with van der Waals surface area (Å²) < 4.78 is 5.60. The summed E-state index contributed by atoms with van der Waals surface area (Å²) in [6, 6.07) is 6.05. The van der Waals surface area contributed by atoms with Crippen LogP contribution < -0.4 is 5.73 Å². The molecule has 2 N–H and O–H groups in total. The molecule has 0 bridgehead atoms. The maximum absolute atomic E-state index is 5.60. The summed E-state index contributed by atoms with van der Waals surface area (Å²) in [5.41, 5.74) is 7.90. The molecule has 0 fully saturated rings. The summed E-state index contributed by atoms with van der Waals surface area (Å²) in [4.78, 5) is 9.75. The topological polar surface area (TPSA) is 64.9 Å². The average molecular weight is 245 g/mol. The van der Waals surface area contributed by atoms with Gasteiger partial charge in [-0.05, 0) is 17.5 Å². The van der Waals surface area contributed by atoms with Crippen molar-refractivity contribution in [1.29, 1.82) is 0 Å². The molecule has 0 unspecified atom stereocenters. The zero-order valence-corrected chi connectivity index (χ0v) is 9.91. The molecule has 5 heteroatoms. The molecule has 0 aliphatic heterocycles. The fourth-order valence-electron chi connectivity index (χ4n) is 1.67. The Morgan fingerprint density at radius 1 is 1.41 bits per heavy atom. The van der Waals surface area contributed by atoms with Gasteiger partial charge in [-0.15, -0.1) is 11.3 Å². The van der Waals surface area contributed by atoms with Gasteiger partial charge >= 0.3 is 0 Å². The molecule has 0 spiro atoms. The Kier molecular flexibility index (Phi) is 2.62. The predicted molar refractivity (Wildman–Crippen MR) is 67.9 cm³/mol. The van der Waals surface area contributed by atoms with E-state index in [4.69, 9.17) is 10.2 Å². The monoisotopic (exact) mass is 245 g/mol. The third-order valence-electron chi connectivity index (χ3n) is 2.46. The summed E-state index contributed by atoms with van der Waals surface area (Å²) in [5.74, 6) is 0.651. The molecule has 86 valence electrons. The number of hydrogen-bond donors (Lipinski definition) is 1. The van der Waals surface area contributed by atoms with Crippen LogP contribution in [0.3, 0.4) is 0 Å². The molecule has 0 aliphatic carbocycles. The van der Waals surface area contributed by atoms with Crippen LogP contribution in [0.4, 0.5) is 0 Å². The van der Waals surface area contributed by atoms with E-state index in [0.29, 0.717) is 24.5 Å². The van der Waals surface area contributed by atoms with Crippen LogP contribution in [0.1, 0.15) is 5.89 Å².